The summed E-state index contributed by atoms with van der Waals surface area (Å²) in [5, 5.41) is 6.98. The van der Waals surface area contributed by atoms with Crippen LogP contribution in [0.15, 0.2) is 22.7 Å². The summed E-state index contributed by atoms with van der Waals surface area (Å²) in [4.78, 5) is 0. The Labute approximate surface area is 111 Å². The summed E-state index contributed by atoms with van der Waals surface area (Å²) in [6.45, 7) is 2.12. The van der Waals surface area contributed by atoms with Crippen LogP contribution in [0.5, 0.6) is 5.75 Å². The minimum absolute atomic E-state index is 0.591. The normalized spacial score (nSPS) is 20.0. The minimum atomic E-state index is 0.591. The lowest BCUT2D eigenvalue weighted by atomic mass is 10.1. The van der Waals surface area contributed by atoms with E-state index < -0.39 is 0 Å². The highest BCUT2D eigenvalue weighted by Gasteiger charge is 2.11. The van der Waals surface area contributed by atoms with E-state index >= 15 is 0 Å². The molecule has 0 bridgehead atoms. The second-order valence-corrected chi connectivity index (χ2v) is 5.32. The van der Waals surface area contributed by atoms with E-state index in [9.17, 15) is 0 Å². The van der Waals surface area contributed by atoms with Crippen molar-refractivity contribution >= 4 is 21.6 Å². The summed E-state index contributed by atoms with van der Waals surface area (Å²) in [7, 11) is 1.69. The van der Waals surface area contributed by atoms with Crippen molar-refractivity contribution in [3.63, 3.8) is 0 Å². The minimum Gasteiger partial charge on any atom is -0.497 e. The van der Waals surface area contributed by atoms with Gasteiger partial charge < -0.3 is 15.4 Å². The zero-order valence-electron chi connectivity index (χ0n) is 10.1. The van der Waals surface area contributed by atoms with E-state index in [4.69, 9.17) is 4.74 Å². The molecule has 1 aromatic carbocycles. The van der Waals surface area contributed by atoms with Crippen molar-refractivity contribution < 1.29 is 4.74 Å². The van der Waals surface area contributed by atoms with Gasteiger partial charge in [-0.1, -0.05) is 22.4 Å². The maximum atomic E-state index is 5.24. The summed E-state index contributed by atoms with van der Waals surface area (Å²) >= 11 is 3.48. The van der Waals surface area contributed by atoms with Crippen LogP contribution in [0.4, 0.5) is 5.69 Å². The van der Waals surface area contributed by atoms with Gasteiger partial charge in [-0.05, 0) is 31.5 Å². The molecule has 0 radical (unpaired) electrons. The van der Waals surface area contributed by atoms with E-state index in [2.05, 4.69) is 32.6 Å². The van der Waals surface area contributed by atoms with Crippen LogP contribution >= 0.6 is 15.9 Å². The maximum absolute atomic E-state index is 5.24. The zero-order valence-corrected chi connectivity index (χ0v) is 11.7. The fourth-order valence-corrected chi connectivity index (χ4v) is 2.59. The van der Waals surface area contributed by atoms with Crippen molar-refractivity contribution in [2.45, 2.75) is 25.3 Å². The molecular formula is C13H19BrN2O. The molecule has 1 saturated heterocycles. The van der Waals surface area contributed by atoms with Crippen LogP contribution in [0.25, 0.3) is 0 Å². The van der Waals surface area contributed by atoms with Gasteiger partial charge in [0.15, 0.2) is 0 Å². The largest absolute Gasteiger partial charge is 0.497 e. The predicted octanol–water partition coefficient (Wildman–Crippen LogP) is 3.01. The number of hydrogen-bond donors (Lipinski definition) is 2. The molecule has 94 valence electrons. The van der Waals surface area contributed by atoms with Crippen molar-refractivity contribution in [1.82, 2.24) is 5.32 Å². The molecule has 2 N–H and O–H groups in total. The van der Waals surface area contributed by atoms with Gasteiger partial charge in [-0.3, -0.25) is 0 Å². The van der Waals surface area contributed by atoms with E-state index in [1.54, 1.807) is 7.11 Å². The van der Waals surface area contributed by atoms with Crippen LogP contribution in [-0.2, 0) is 0 Å². The van der Waals surface area contributed by atoms with Crippen LogP contribution < -0.4 is 15.4 Å². The molecule has 4 heteroatoms. The molecule has 3 nitrogen and oxygen atoms in total. The molecule has 1 atom stereocenters. The number of hydrogen-bond acceptors (Lipinski definition) is 3. The SMILES string of the molecule is COc1cc(Br)cc(NCC2CCCCN2)c1. The third-order valence-electron chi connectivity index (χ3n) is 3.07. The van der Waals surface area contributed by atoms with Gasteiger partial charge in [0.1, 0.15) is 5.75 Å². The molecule has 2 rings (SSSR count). The van der Waals surface area contributed by atoms with E-state index in [1.165, 1.54) is 19.3 Å². The fraction of sp³-hybridized carbons (Fsp3) is 0.538. The fourth-order valence-electron chi connectivity index (χ4n) is 2.12. The van der Waals surface area contributed by atoms with Gasteiger partial charge in [0, 0.05) is 28.8 Å². The van der Waals surface area contributed by atoms with Gasteiger partial charge in [-0.2, -0.15) is 0 Å². The van der Waals surface area contributed by atoms with E-state index in [1.807, 2.05) is 12.1 Å². The molecular weight excluding hydrogens is 280 g/mol. The number of benzene rings is 1. The lowest BCUT2D eigenvalue weighted by Crippen LogP contribution is -2.39. The van der Waals surface area contributed by atoms with Crippen molar-refractivity contribution in [2.24, 2.45) is 0 Å². The molecule has 0 amide bonds. The van der Waals surface area contributed by atoms with Gasteiger partial charge >= 0.3 is 0 Å². The summed E-state index contributed by atoms with van der Waals surface area (Å²) in [5.74, 6) is 0.874. The van der Waals surface area contributed by atoms with Crippen LogP contribution in [0.1, 0.15) is 19.3 Å². The first-order valence-corrected chi connectivity index (χ1v) is 6.89. The van der Waals surface area contributed by atoms with Gasteiger partial charge in [0.25, 0.3) is 0 Å². The summed E-state index contributed by atoms with van der Waals surface area (Å²) in [5.41, 5.74) is 1.10. The average Bonchev–Trinajstić information content (AvgIpc) is 2.37. The third-order valence-corrected chi connectivity index (χ3v) is 3.53. The molecule has 0 spiro atoms. The molecule has 0 aromatic heterocycles. The Balaban J connectivity index is 1.91. The Morgan fingerprint density at radius 2 is 2.29 bits per heavy atom. The molecule has 1 fully saturated rings. The molecule has 1 aliphatic rings. The van der Waals surface area contributed by atoms with Crippen LogP contribution in [-0.4, -0.2) is 26.2 Å². The first-order valence-electron chi connectivity index (χ1n) is 6.10. The lowest BCUT2D eigenvalue weighted by molar-refractivity contribution is 0.412. The highest BCUT2D eigenvalue weighted by molar-refractivity contribution is 9.10. The number of ether oxygens (including phenoxy) is 1. The number of nitrogens with one attached hydrogen (secondary N) is 2. The predicted molar refractivity (Wildman–Crippen MR) is 74.8 cm³/mol. The molecule has 1 aliphatic heterocycles. The number of piperidine rings is 1. The number of rotatable bonds is 4. The number of halogens is 1. The van der Waals surface area contributed by atoms with Gasteiger partial charge in [0.05, 0.1) is 7.11 Å². The summed E-state index contributed by atoms with van der Waals surface area (Å²) < 4.78 is 6.28. The Morgan fingerprint density at radius 3 is 3.00 bits per heavy atom. The average molecular weight is 299 g/mol. The monoisotopic (exact) mass is 298 g/mol. The molecule has 0 saturated carbocycles. The van der Waals surface area contributed by atoms with Crippen LogP contribution in [0, 0.1) is 0 Å². The van der Waals surface area contributed by atoms with Crippen LogP contribution in [0.2, 0.25) is 0 Å². The first-order chi connectivity index (χ1) is 8.28. The first kappa shape index (κ1) is 12.7. The summed E-state index contributed by atoms with van der Waals surface area (Å²) in [6, 6.07) is 6.65. The second-order valence-electron chi connectivity index (χ2n) is 4.41. The van der Waals surface area contributed by atoms with Crippen molar-refractivity contribution in [1.29, 1.82) is 0 Å². The van der Waals surface area contributed by atoms with E-state index in [-0.39, 0.29) is 0 Å². The number of methoxy groups -OCH3 is 1. The Kier molecular flexibility index (Phi) is 4.68. The lowest BCUT2D eigenvalue weighted by Gasteiger charge is -2.24. The Morgan fingerprint density at radius 1 is 1.41 bits per heavy atom. The highest BCUT2D eigenvalue weighted by atomic mass is 79.9. The Hall–Kier alpha value is -0.740. The zero-order chi connectivity index (χ0) is 12.1. The number of anilines is 1. The van der Waals surface area contributed by atoms with Crippen molar-refractivity contribution in [3.8, 4) is 5.75 Å². The van der Waals surface area contributed by atoms with Gasteiger partial charge in [0.2, 0.25) is 0 Å². The topological polar surface area (TPSA) is 33.3 Å². The molecule has 1 unspecified atom stereocenters. The van der Waals surface area contributed by atoms with E-state index in [0.29, 0.717) is 6.04 Å². The maximum Gasteiger partial charge on any atom is 0.122 e. The summed E-state index contributed by atoms with van der Waals surface area (Å²) in [6.07, 6.45) is 3.90. The van der Waals surface area contributed by atoms with Crippen LogP contribution in [0.3, 0.4) is 0 Å². The highest BCUT2D eigenvalue weighted by Crippen LogP contribution is 2.24. The standard InChI is InChI=1S/C13H19BrN2O/c1-17-13-7-10(14)6-12(8-13)16-9-11-4-2-3-5-15-11/h6-8,11,15-16H,2-5,9H2,1H3. The second kappa shape index (κ2) is 6.26. The van der Waals surface area contributed by atoms with Gasteiger partial charge in [-0.15, -0.1) is 0 Å². The quantitative estimate of drug-likeness (QED) is 0.896. The molecule has 17 heavy (non-hydrogen) atoms. The Bertz CT molecular complexity index is 364. The molecule has 1 heterocycles. The smallest absolute Gasteiger partial charge is 0.122 e. The van der Waals surface area contributed by atoms with Gasteiger partial charge in [-0.25, -0.2) is 0 Å². The van der Waals surface area contributed by atoms with E-state index in [0.717, 1.165) is 29.0 Å². The third kappa shape index (κ3) is 3.89. The van der Waals surface area contributed by atoms with Crippen molar-refractivity contribution in [2.75, 3.05) is 25.5 Å². The molecule has 0 aliphatic carbocycles. The molecule has 1 aromatic rings. The van der Waals surface area contributed by atoms with Crippen molar-refractivity contribution in [3.05, 3.63) is 22.7 Å².